The lowest BCUT2D eigenvalue weighted by molar-refractivity contribution is -0.117. The van der Waals surface area contributed by atoms with Crippen LogP contribution < -0.4 is 14.9 Å². The van der Waals surface area contributed by atoms with Crippen molar-refractivity contribution in [3.63, 3.8) is 0 Å². The van der Waals surface area contributed by atoms with Crippen molar-refractivity contribution in [2.45, 2.75) is 31.8 Å². The number of nitrogens with zero attached hydrogens (tertiary/aromatic N) is 5. The lowest BCUT2D eigenvalue weighted by atomic mass is 10.1. The maximum absolute atomic E-state index is 12.8. The topological polar surface area (TPSA) is 120 Å². The number of anilines is 3. The van der Waals surface area contributed by atoms with Gasteiger partial charge in [-0.25, -0.2) is 23.4 Å². The van der Waals surface area contributed by atoms with Crippen LogP contribution in [0.25, 0.3) is 10.3 Å². The van der Waals surface area contributed by atoms with Crippen molar-refractivity contribution in [2.24, 2.45) is 0 Å². The Morgan fingerprint density at radius 2 is 1.94 bits per heavy atom. The summed E-state index contributed by atoms with van der Waals surface area (Å²) in [5, 5.41) is 2.94. The molecule has 12 heteroatoms. The molecule has 2 fully saturated rings. The molecule has 4 heterocycles. The van der Waals surface area contributed by atoms with Gasteiger partial charge >= 0.3 is 0 Å². The zero-order valence-electron chi connectivity index (χ0n) is 18.4. The van der Waals surface area contributed by atoms with Crippen LogP contribution in [-0.4, -0.2) is 72.2 Å². The van der Waals surface area contributed by atoms with Crippen molar-refractivity contribution < 1.29 is 13.2 Å². The van der Waals surface area contributed by atoms with Crippen LogP contribution in [0, 0.1) is 6.92 Å². The summed E-state index contributed by atoms with van der Waals surface area (Å²) in [4.78, 5) is 31.6. The van der Waals surface area contributed by atoms with Gasteiger partial charge in [-0.1, -0.05) is 6.07 Å². The molecule has 2 aliphatic heterocycles. The minimum atomic E-state index is -3.39. The minimum Gasteiger partial charge on any atom is -0.346 e. The van der Waals surface area contributed by atoms with Gasteiger partial charge < -0.3 is 10.2 Å². The fourth-order valence-electron chi connectivity index (χ4n) is 4.76. The molecule has 0 radical (unpaired) electrons. The first-order valence-corrected chi connectivity index (χ1v) is 13.5. The van der Waals surface area contributed by atoms with E-state index in [1.54, 1.807) is 30.0 Å². The molecule has 33 heavy (non-hydrogen) atoms. The van der Waals surface area contributed by atoms with E-state index in [9.17, 15) is 13.2 Å². The third-order valence-corrected chi connectivity index (χ3v) is 7.44. The van der Waals surface area contributed by atoms with Crippen molar-refractivity contribution >= 4 is 54.8 Å². The summed E-state index contributed by atoms with van der Waals surface area (Å²) in [7, 11) is -3.39. The Bertz CT molecular complexity index is 1300. The third-order valence-electron chi connectivity index (χ3n) is 6.10. The number of carbonyl (C=O) groups excluding carboxylic acids is 1. The number of amides is 1. The Balaban J connectivity index is 1.26. The highest BCUT2D eigenvalue weighted by Gasteiger charge is 2.41. The Labute approximate surface area is 196 Å². The monoisotopic (exact) mass is 487 g/mol. The van der Waals surface area contributed by atoms with Crippen molar-refractivity contribution in [3.8, 4) is 0 Å². The average Bonchev–Trinajstić information content (AvgIpc) is 3.32. The van der Waals surface area contributed by atoms with Crippen LogP contribution >= 0.6 is 11.3 Å². The zero-order valence-corrected chi connectivity index (χ0v) is 20.0. The quantitative estimate of drug-likeness (QED) is 0.542. The van der Waals surface area contributed by atoms with Gasteiger partial charge in [0.2, 0.25) is 15.9 Å². The number of nitrogens with one attached hydrogen (secondary N) is 2. The summed E-state index contributed by atoms with van der Waals surface area (Å²) in [6.45, 7) is 3.70. The highest BCUT2D eigenvalue weighted by molar-refractivity contribution is 7.92. The fraction of sp³-hybridized carbons (Fsp3) is 0.429. The highest BCUT2D eigenvalue weighted by atomic mass is 32.2. The normalized spacial score (nSPS) is 20.8. The van der Waals surface area contributed by atoms with Gasteiger partial charge in [-0.15, -0.1) is 11.3 Å². The molecule has 3 aromatic rings. The number of thiazole rings is 1. The van der Waals surface area contributed by atoms with Crippen molar-refractivity contribution in [2.75, 3.05) is 40.8 Å². The Kier molecular flexibility index (Phi) is 5.67. The molecule has 0 aliphatic carbocycles. The van der Waals surface area contributed by atoms with E-state index in [0.717, 1.165) is 53.9 Å². The summed E-state index contributed by atoms with van der Waals surface area (Å²) in [6, 6.07) is 5.66. The molecule has 0 spiro atoms. The standard InChI is InChI=1S/C21H25N7O3S2/c1-13-3-4-14(26-33(2,30)31)7-17(13)25-18(29)10-27-8-15-5-6-16(9-27)28(15)20-19-21(23-11-22-20)32-12-24-19/h3-4,7,11-12,15-16,26H,5-6,8-10H2,1-2H3,(H,25,29). The van der Waals surface area contributed by atoms with E-state index in [-0.39, 0.29) is 24.5 Å². The minimum absolute atomic E-state index is 0.119. The molecule has 2 aliphatic rings. The van der Waals surface area contributed by atoms with E-state index in [1.165, 1.54) is 11.3 Å². The van der Waals surface area contributed by atoms with Gasteiger partial charge in [0.25, 0.3) is 0 Å². The van der Waals surface area contributed by atoms with Gasteiger partial charge in [0.15, 0.2) is 5.82 Å². The van der Waals surface area contributed by atoms with Gasteiger partial charge in [-0.05, 0) is 37.5 Å². The first-order valence-electron chi connectivity index (χ1n) is 10.7. The number of aryl methyl sites for hydroxylation is 1. The predicted octanol–water partition coefficient (Wildman–Crippen LogP) is 2.06. The van der Waals surface area contributed by atoms with Crippen LogP contribution in [0.4, 0.5) is 17.2 Å². The molecule has 2 unspecified atom stereocenters. The van der Waals surface area contributed by atoms with Gasteiger partial charge in [0.05, 0.1) is 24.0 Å². The second kappa shape index (κ2) is 8.50. The van der Waals surface area contributed by atoms with E-state index in [0.29, 0.717) is 11.4 Å². The molecule has 2 bridgehead atoms. The van der Waals surface area contributed by atoms with E-state index in [4.69, 9.17) is 0 Å². The van der Waals surface area contributed by atoms with Crippen LogP contribution in [0.2, 0.25) is 0 Å². The number of sulfonamides is 1. The fourth-order valence-corrected chi connectivity index (χ4v) is 5.94. The second-order valence-corrected chi connectivity index (χ2v) is 11.2. The highest BCUT2D eigenvalue weighted by Crippen LogP contribution is 2.36. The van der Waals surface area contributed by atoms with Crippen LogP contribution in [0.3, 0.4) is 0 Å². The Morgan fingerprint density at radius 1 is 1.18 bits per heavy atom. The summed E-state index contributed by atoms with van der Waals surface area (Å²) >= 11 is 1.51. The molecule has 2 N–H and O–H groups in total. The van der Waals surface area contributed by atoms with E-state index in [2.05, 4.69) is 34.8 Å². The molecule has 2 aromatic heterocycles. The molecule has 1 aromatic carbocycles. The Morgan fingerprint density at radius 3 is 2.67 bits per heavy atom. The lowest BCUT2D eigenvalue weighted by Crippen LogP contribution is -2.55. The number of aromatic nitrogens is 3. The van der Waals surface area contributed by atoms with E-state index < -0.39 is 10.0 Å². The molecular weight excluding hydrogens is 462 g/mol. The lowest BCUT2D eigenvalue weighted by Gasteiger charge is -2.41. The third kappa shape index (κ3) is 4.63. The summed E-state index contributed by atoms with van der Waals surface area (Å²) in [5.41, 5.74) is 4.53. The zero-order chi connectivity index (χ0) is 23.2. The summed E-state index contributed by atoms with van der Waals surface area (Å²) < 4.78 is 25.5. The van der Waals surface area contributed by atoms with Crippen LogP contribution in [0.5, 0.6) is 0 Å². The van der Waals surface area contributed by atoms with Crippen LogP contribution in [0.1, 0.15) is 18.4 Å². The number of likely N-dealkylation sites (tertiary alicyclic amines) is 1. The van der Waals surface area contributed by atoms with Gasteiger partial charge in [0.1, 0.15) is 16.7 Å². The number of hydrogen-bond donors (Lipinski definition) is 2. The SMILES string of the molecule is Cc1ccc(NS(C)(=O)=O)cc1NC(=O)CN1CC2CCC(C1)N2c1ncnc2scnc12. The maximum Gasteiger partial charge on any atom is 0.238 e. The first kappa shape index (κ1) is 22.0. The molecule has 1 amide bonds. The first-order chi connectivity index (χ1) is 15.8. The smallest absolute Gasteiger partial charge is 0.238 e. The molecule has 5 rings (SSSR count). The molecule has 0 saturated carbocycles. The number of hydrogen-bond acceptors (Lipinski definition) is 9. The molecule has 174 valence electrons. The van der Waals surface area contributed by atoms with Crippen molar-refractivity contribution in [1.29, 1.82) is 0 Å². The maximum atomic E-state index is 12.8. The second-order valence-electron chi connectivity index (χ2n) is 8.64. The number of benzene rings is 1. The predicted molar refractivity (Wildman–Crippen MR) is 129 cm³/mol. The Hall–Kier alpha value is -2.83. The molecular formula is C21H25N7O3S2. The van der Waals surface area contributed by atoms with E-state index >= 15 is 0 Å². The summed E-state index contributed by atoms with van der Waals surface area (Å²) in [6.07, 6.45) is 4.80. The molecule has 2 saturated heterocycles. The number of carbonyl (C=O) groups is 1. The van der Waals surface area contributed by atoms with Gasteiger partial charge in [-0.3, -0.25) is 14.4 Å². The summed E-state index contributed by atoms with van der Waals surface area (Å²) in [5.74, 6) is 0.773. The van der Waals surface area contributed by atoms with Crippen LogP contribution in [0.15, 0.2) is 30.0 Å². The van der Waals surface area contributed by atoms with Gasteiger partial charge in [0, 0.05) is 30.9 Å². The van der Waals surface area contributed by atoms with Crippen molar-refractivity contribution in [1.82, 2.24) is 19.9 Å². The number of rotatable bonds is 6. The van der Waals surface area contributed by atoms with E-state index in [1.807, 2.05) is 6.92 Å². The molecule has 2 atom stereocenters. The van der Waals surface area contributed by atoms with Crippen LogP contribution in [-0.2, 0) is 14.8 Å². The van der Waals surface area contributed by atoms with Gasteiger partial charge in [-0.2, -0.15) is 0 Å². The average molecular weight is 488 g/mol. The number of fused-ring (bicyclic) bond motifs is 3. The molecule has 10 nitrogen and oxygen atoms in total. The van der Waals surface area contributed by atoms with Crippen molar-refractivity contribution in [3.05, 3.63) is 35.6 Å². The largest absolute Gasteiger partial charge is 0.346 e. The number of piperazine rings is 1.